The van der Waals surface area contributed by atoms with Crippen LogP contribution < -0.4 is 18.1 Å². The first-order valence-corrected chi connectivity index (χ1v) is 7.38. The summed E-state index contributed by atoms with van der Waals surface area (Å²) in [4.78, 5) is 23.6. The van der Waals surface area contributed by atoms with E-state index in [9.17, 15) is 9.59 Å². The van der Waals surface area contributed by atoms with Gasteiger partial charge in [0.2, 0.25) is 0 Å². The highest BCUT2D eigenvalue weighted by Crippen LogP contribution is 2.04. The van der Waals surface area contributed by atoms with Crippen LogP contribution in [-0.4, -0.2) is 18.0 Å². The zero-order valence-electron chi connectivity index (χ0n) is 13.2. The van der Waals surface area contributed by atoms with Crippen molar-refractivity contribution < 1.29 is 37.2 Å². The van der Waals surface area contributed by atoms with Crippen molar-refractivity contribution in [2.24, 2.45) is 0 Å². The van der Waals surface area contributed by atoms with E-state index in [0.29, 0.717) is 0 Å². The normalized spacial score (nSPS) is 11.0. The third kappa shape index (κ3) is 6.81. The Balaban J connectivity index is 0.00000288. The summed E-state index contributed by atoms with van der Waals surface area (Å²) in [6.07, 6.45) is -0.0968. The molecule has 0 radical (unpaired) electrons. The Labute approximate surface area is 147 Å². The number of carbonyl (C=O) groups excluding carboxylic acids is 2. The number of quaternary nitrogens is 1. The standard InChI is InChI=1S/C18H19NO4.ClH/c19-16(18(21)23-13-15-9-5-2-6-10-15)11-17(20)22-12-14-7-3-1-4-8-14;/h1-10,16H,11-13,19H2;1H. The number of esters is 2. The zero-order valence-corrected chi connectivity index (χ0v) is 13.9. The van der Waals surface area contributed by atoms with E-state index in [4.69, 9.17) is 9.47 Å². The summed E-state index contributed by atoms with van der Waals surface area (Å²) < 4.78 is 10.3. The minimum absolute atomic E-state index is 0. The lowest BCUT2D eigenvalue weighted by molar-refractivity contribution is -0.408. The van der Waals surface area contributed by atoms with Crippen molar-refractivity contribution in [3.8, 4) is 0 Å². The summed E-state index contributed by atoms with van der Waals surface area (Å²) in [5, 5.41) is 0. The summed E-state index contributed by atoms with van der Waals surface area (Å²) >= 11 is 0. The Morgan fingerprint density at radius 2 is 1.29 bits per heavy atom. The van der Waals surface area contributed by atoms with Crippen molar-refractivity contribution >= 4 is 11.9 Å². The van der Waals surface area contributed by atoms with Crippen LogP contribution in [0.1, 0.15) is 17.5 Å². The number of rotatable bonds is 7. The van der Waals surface area contributed by atoms with Gasteiger partial charge >= 0.3 is 11.9 Å². The number of carbonyl (C=O) groups is 2. The van der Waals surface area contributed by atoms with Gasteiger partial charge in [0.15, 0.2) is 6.04 Å². The van der Waals surface area contributed by atoms with Gasteiger partial charge in [0.1, 0.15) is 19.6 Å². The molecule has 0 aromatic heterocycles. The maximum absolute atomic E-state index is 11.8. The van der Waals surface area contributed by atoms with Crippen LogP contribution in [0.15, 0.2) is 60.7 Å². The molecule has 0 aliphatic heterocycles. The SMILES string of the molecule is [Cl-].[NH3+]C(CC(=O)OCc1ccccc1)C(=O)OCc1ccccc1. The van der Waals surface area contributed by atoms with Crippen LogP contribution in [0.25, 0.3) is 0 Å². The molecule has 1 unspecified atom stereocenters. The van der Waals surface area contributed by atoms with Gasteiger partial charge in [-0.25, -0.2) is 4.79 Å². The number of halogens is 1. The Morgan fingerprint density at radius 3 is 1.79 bits per heavy atom. The quantitative estimate of drug-likeness (QED) is 0.616. The summed E-state index contributed by atoms with van der Waals surface area (Å²) in [6.45, 7) is 0.357. The Bertz CT molecular complexity index is 634. The van der Waals surface area contributed by atoms with Gasteiger partial charge in [-0.05, 0) is 11.1 Å². The zero-order chi connectivity index (χ0) is 16.5. The highest BCUT2D eigenvalue weighted by atomic mass is 35.5. The maximum Gasteiger partial charge on any atom is 0.365 e. The lowest BCUT2D eigenvalue weighted by atomic mass is 10.2. The lowest BCUT2D eigenvalue weighted by Gasteiger charge is -2.09. The van der Waals surface area contributed by atoms with Gasteiger partial charge in [-0.3, -0.25) is 4.79 Å². The molecule has 0 saturated heterocycles. The summed E-state index contributed by atoms with van der Waals surface area (Å²) in [5.74, 6) is -0.976. The number of ether oxygens (including phenoxy) is 2. The van der Waals surface area contributed by atoms with Gasteiger partial charge in [0, 0.05) is 0 Å². The highest BCUT2D eigenvalue weighted by Gasteiger charge is 2.23. The van der Waals surface area contributed by atoms with Crippen molar-refractivity contribution in [1.82, 2.24) is 0 Å². The fourth-order valence-electron chi connectivity index (χ4n) is 1.93. The monoisotopic (exact) mass is 349 g/mol. The molecule has 0 bridgehead atoms. The first-order valence-electron chi connectivity index (χ1n) is 7.38. The first-order chi connectivity index (χ1) is 11.1. The second-order valence-electron chi connectivity index (χ2n) is 5.14. The van der Waals surface area contributed by atoms with Crippen LogP contribution in [-0.2, 0) is 32.3 Å². The molecule has 1 atom stereocenters. The number of hydrogen-bond acceptors (Lipinski definition) is 4. The predicted molar refractivity (Wildman–Crippen MR) is 83.8 cm³/mol. The van der Waals surface area contributed by atoms with Crippen LogP contribution in [0.4, 0.5) is 0 Å². The molecule has 0 amide bonds. The molecule has 2 rings (SSSR count). The van der Waals surface area contributed by atoms with Crippen molar-refractivity contribution in [1.29, 1.82) is 0 Å². The molecule has 0 aliphatic rings. The molecule has 24 heavy (non-hydrogen) atoms. The molecule has 0 spiro atoms. The van der Waals surface area contributed by atoms with Crippen molar-refractivity contribution in [2.75, 3.05) is 0 Å². The Hall–Kier alpha value is -2.37. The van der Waals surface area contributed by atoms with Gasteiger partial charge in [0.25, 0.3) is 0 Å². The number of hydrogen-bond donors (Lipinski definition) is 1. The van der Waals surface area contributed by atoms with Gasteiger partial charge in [-0.1, -0.05) is 60.7 Å². The van der Waals surface area contributed by atoms with E-state index in [0.717, 1.165) is 11.1 Å². The third-order valence-corrected chi connectivity index (χ3v) is 3.21. The minimum Gasteiger partial charge on any atom is -1.00 e. The molecule has 3 N–H and O–H groups in total. The molecular weight excluding hydrogens is 330 g/mol. The molecule has 0 heterocycles. The Morgan fingerprint density at radius 1 is 0.833 bits per heavy atom. The van der Waals surface area contributed by atoms with E-state index in [1.807, 2.05) is 60.7 Å². The van der Waals surface area contributed by atoms with Crippen LogP contribution in [0.2, 0.25) is 0 Å². The molecule has 0 saturated carbocycles. The molecule has 2 aromatic rings. The second kappa shape index (κ2) is 10.4. The van der Waals surface area contributed by atoms with Gasteiger partial charge < -0.3 is 27.6 Å². The number of benzene rings is 2. The second-order valence-corrected chi connectivity index (χ2v) is 5.14. The fraction of sp³-hybridized carbons (Fsp3) is 0.222. The molecule has 128 valence electrons. The largest absolute Gasteiger partial charge is 1.00 e. The topological polar surface area (TPSA) is 80.2 Å². The van der Waals surface area contributed by atoms with Gasteiger partial charge in [-0.15, -0.1) is 0 Å². The average Bonchev–Trinajstić information content (AvgIpc) is 2.59. The minimum atomic E-state index is -0.776. The van der Waals surface area contributed by atoms with Crippen molar-refractivity contribution in [2.45, 2.75) is 25.7 Å². The molecule has 5 nitrogen and oxygen atoms in total. The summed E-state index contributed by atoms with van der Waals surface area (Å²) in [7, 11) is 0. The molecule has 0 fully saturated rings. The lowest BCUT2D eigenvalue weighted by Crippen LogP contribution is -3.00. The molecule has 0 aliphatic carbocycles. The van der Waals surface area contributed by atoms with Gasteiger partial charge in [0.05, 0.1) is 0 Å². The van der Waals surface area contributed by atoms with Gasteiger partial charge in [-0.2, -0.15) is 0 Å². The van der Waals surface area contributed by atoms with Crippen LogP contribution >= 0.6 is 0 Å². The summed E-state index contributed by atoms with van der Waals surface area (Å²) in [5.41, 5.74) is 5.45. The van der Waals surface area contributed by atoms with E-state index in [-0.39, 0.29) is 32.0 Å². The van der Waals surface area contributed by atoms with Crippen molar-refractivity contribution in [3.05, 3.63) is 71.8 Å². The first kappa shape index (κ1) is 19.7. The van der Waals surface area contributed by atoms with E-state index < -0.39 is 18.0 Å². The Kier molecular flexibility index (Phi) is 8.54. The maximum atomic E-state index is 11.8. The van der Waals surface area contributed by atoms with E-state index >= 15 is 0 Å². The van der Waals surface area contributed by atoms with E-state index in [1.54, 1.807) is 0 Å². The third-order valence-electron chi connectivity index (χ3n) is 3.21. The average molecular weight is 350 g/mol. The predicted octanol–water partition coefficient (Wildman–Crippen LogP) is -1.52. The van der Waals surface area contributed by atoms with Crippen molar-refractivity contribution in [3.63, 3.8) is 0 Å². The highest BCUT2D eigenvalue weighted by molar-refractivity contribution is 5.81. The van der Waals surface area contributed by atoms with E-state index in [1.165, 1.54) is 0 Å². The van der Waals surface area contributed by atoms with Crippen LogP contribution in [0.5, 0.6) is 0 Å². The molecule has 6 heteroatoms. The van der Waals surface area contributed by atoms with Crippen LogP contribution in [0.3, 0.4) is 0 Å². The van der Waals surface area contributed by atoms with E-state index in [2.05, 4.69) is 5.73 Å². The molecular formula is C18H20ClNO4. The molecule has 2 aromatic carbocycles. The summed E-state index contributed by atoms with van der Waals surface area (Å²) in [6, 6.07) is 17.9. The fourth-order valence-corrected chi connectivity index (χ4v) is 1.93. The van der Waals surface area contributed by atoms with Crippen LogP contribution in [0, 0.1) is 0 Å². The smallest absolute Gasteiger partial charge is 0.365 e.